The van der Waals surface area contributed by atoms with Gasteiger partial charge in [0.25, 0.3) is 5.69 Å². The van der Waals surface area contributed by atoms with Crippen LogP contribution in [0.15, 0.2) is 12.1 Å². The molecule has 8 nitrogen and oxygen atoms in total. The second-order valence-electron chi connectivity index (χ2n) is 6.84. The number of aryl methyl sites for hydroxylation is 1. The monoisotopic (exact) mass is 336 g/mol. The molecule has 2 rings (SSSR count). The molecule has 0 aliphatic carbocycles. The topological polar surface area (TPSA) is 88.8 Å². The highest BCUT2D eigenvalue weighted by Crippen LogP contribution is 2.21. The molecule has 0 N–H and O–H groups in total. The van der Waals surface area contributed by atoms with E-state index in [1.165, 1.54) is 6.07 Å². The summed E-state index contributed by atoms with van der Waals surface area (Å²) in [5.74, 6) is 0.698. The number of rotatable bonds is 2. The average Bonchev–Trinajstić information content (AvgIpc) is 2.70. The Kier molecular flexibility index (Phi) is 5.26. The van der Waals surface area contributed by atoms with Crippen LogP contribution in [0.3, 0.4) is 0 Å². The number of carbonyl (C=O) groups is 1. The van der Waals surface area contributed by atoms with E-state index in [0.29, 0.717) is 31.1 Å². The van der Waals surface area contributed by atoms with Crippen LogP contribution in [0, 0.1) is 17.0 Å². The lowest BCUT2D eigenvalue weighted by Crippen LogP contribution is -2.39. The first-order chi connectivity index (χ1) is 11.2. The molecule has 1 aliphatic rings. The van der Waals surface area contributed by atoms with E-state index in [1.807, 2.05) is 25.7 Å². The molecule has 2 heterocycles. The molecule has 1 aromatic rings. The lowest BCUT2D eigenvalue weighted by Gasteiger charge is -2.26. The first-order valence-electron chi connectivity index (χ1n) is 8.02. The third-order valence-corrected chi connectivity index (χ3v) is 3.71. The summed E-state index contributed by atoms with van der Waals surface area (Å²) >= 11 is 0. The summed E-state index contributed by atoms with van der Waals surface area (Å²) in [6.07, 6.45) is 0.480. The summed E-state index contributed by atoms with van der Waals surface area (Å²) < 4.78 is 5.41. The van der Waals surface area contributed by atoms with E-state index in [2.05, 4.69) is 4.98 Å². The van der Waals surface area contributed by atoms with Crippen LogP contribution in [0.25, 0.3) is 0 Å². The zero-order valence-electron chi connectivity index (χ0n) is 14.6. The van der Waals surface area contributed by atoms with Crippen LogP contribution in [0.1, 0.15) is 32.9 Å². The van der Waals surface area contributed by atoms with Crippen LogP contribution < -0.4 is 4.90 Å². The molecule has 0 bridgehead atoms. The van der Waals surface area contributed by atoms with Gasteiger partial charge in [-0.3, -0.25) is 10.1 Å². The Balaban J connectivity index is 2.04. The zero-order valence-corrected chi connectivity index (χ0v) is 14.6. The fraction of sp³-hybridized carbons (Fsp3) is 0.625. The minimum absolute atomic E-state index is 0.0175. The molecule has 0 spiro atoms. The number of nitro groups is 1. The van der Waals surface area contributed by atoms with Crippen molar-refractivity contribution in [1.29, 1.82) is 0 Å². The molecule has 0 radical (unpaired) electrons. The van der Waals surface area contributed by atoms with Gasteiger partial charge in [0.05, 0.1) is 4.92 Å². The van der Waals surface area contributed by atoms with E-state index in [1.54, 1.807) is 17.9 Å². The predicted octanol–water partition coefficient (Wildman–Crippen LogP) is 2.75. The summed E-state index contributed by atoms with van der Waals surface area (Å²) in [6, 6.07) is 3.14. The molecule has 132 valence electrons. The van der Waals surface area contributed by atoms with Crippen LogP contribution in [-0.4, -0.2) is 52.7 Å². The van der Waals surface area contributed by atoms with Gasteiger partial charge < -0.3 is 14.5 Å². The maximum absolute atomic E-state index is 12.2. The van der Waals surface area contributed by atoms with Crippen LogP contribution in [0.5, 0.6) is 0 Å². The summed E-state index contributed by atoms with van der Waals surface area (Å²) in [7, 11) is 0. The van der Waals surface area contributed by atoms with E-state index in [0.717, 1.165) is 13.0 Å². The Hall–Kier alpha value is -2.38. The van der Waals surface area contributed by atoms with Crippen molar-refractivity contribution in [2.45, 2.75) is 39.7 Å². The molecule has 1 aromatic heterocycles. The van der Waals surface area contributed by atoms with Gasteiger partial charge in [-0.25, -0.2) is 9.78 Å². The van der Waals surface area contributed by atoms with Crippen molar-refractivity contribution in [2.24, 2.45) is 0 Å². The molecule has 0 atom stereocenters. The van der Waals surface area contributed by atoms with E-state index >= 15 is 0 Å². The van der Waals surface area contributed by atoms with Gasteiger partial charge in [0.15, 0.2) is 0 Å². The number of ether oxygens (including phenoxy) is 1. The van der Waals surface area contributed by atoms with Crippen molar-refractivity contribution < 1.29 is 14.5 Å². The highest BCUT2D eigenvalue weighted by atomic mass is 16.6. The van der Waals surface area contributed by atoms with Crippen molar-refractivity contribution in [2.75, 3.05) is 31.1 Å². The third-order valence-electron chi connectivity index (χ3n) is 3.71. The van der Waals surface area contributed by atoms with Crippen LogP contribution in [-0.2, 0) is 4.74 Å². The minimum atomic E-state index is -0.514. The molecule has 0 unspecified atom stereocenters. The average molecular weight is 336 g/mol. The van der Waals surface area contributed by atoms with Gasteiger partial charge in [-0.1, -0.05) is 0 Å². The summed E-state index contributed by atoms with van der Waals surface area (Å²) in [6.45, 7) is 9.68. The van der Waals surface area contributed by atoms with Crippen molar-refractivity contribution in [3.05, 3.63) is 27.9 Å². The van der Waals surface area contributed by atoms with E-state index in [-0.39, 0.29) is 11.8 Å². The van der Waals surface area contributed by atoms with Gasteiger partial charge in [-0.05, 0) is 40.2 Å². The number of pyridine rings is 1. The first-order valence-corrected chi connectivity index (χ1v) is 8.02. The highest BCUT2D eigenvalue weighted by Gasteiger charge is 2.25. The number of carbonyl (C=O) groups excluding carboxylic acids is 1. The quantitative estimate of drug-likeness (QED) is 0.609. The van der Waals surface area contributed by atoms with E-state index in [4.69, 9.17) is 4.74 Å². The lowest BCUT2D eigenvalue weighted by molar-refractivity contribution is -0.385. The third kappa shape index (κ3) is 4.56. The molecular formula is C16H24N4O4. The molecule has 8 heteroatoms. The van der Waals surface area contributed by atoms with Crippen molar-refractivity contribution in [3.63, 3.8) is 0 Å². The van der Waals surface area contributed by atoms with Crippen LogP contribution in [0.4, 0.5) is 16.3 Å². The Morgan fingerprint density at radius 2 is 1.96 bits per heavy atom. The number of nitrogens with zero attached hydrogens (tertiary/aromatic N) is 4. The fourth-order valence-corrected chi connectivity index (χ4v) is 2.57. The van der Waals surface area contributed by atoms with Crippen molar-refractivity contribution in [3.8, 4) is 0 Å². The Morgan fingerprint density at radius 3 is 2.54 bits per heavy atom. The van der Waals surface area contributed by atoms with Gasteiger partial charge in [0.1, 0.15) is 17.1 Å². The van der Waals surface area contributed by atoms with Gasteiger partial charge in [0, 0.05) is 32.2 Å². The Labute approximate surface area is 141 Å². The summed E-state index contributed by atoms with van der Waals surface area (Å²) in [5, 5.41) is 10.9. The maximum atomic E-state index is 12.2. The molecule has 1 amide bonds. The van der Waals surface area contributed by atoms with Gasteiger partial charge in [-0.15, -0.1) is 0 Å². The summed E-state index contributed by atoms with van der Waals surface area (Å²) in [5.41, 5.74) is -0.102. The predicted molar refractivity (Wildman–Crippen MR) is 90.3 cm³/mol. The number of aromatic nitrogens is 1. The highest BCUT2D eigenvalue weighted by molar-refractivity contribution is 5.68. The standard InChI is InChI=1S/C16H24N4O4/c1-12-13(20(22)23)6-7-14(17-12)18-8-5-9-19(11-10-18)15(21)24-16(2,3)4/h6-7H,5,8-11H2,1-4H3. The first kappa shape index (κ1) is 18.0. The second-order valence-corrected chi connectivity index (χ2v) is 6.84. The van der Waals surface area contributed by atoms with Crippen molar-refractivity contribution in [1.82, 2.24) is 9.88 Å². The molecule has 0 saturated carbocycles. The summed E-state index contributed by atoms with van der Waals surface area (Å²) in [4.78, 5) is 30.7. The maximum Gasteiger partial charge on any atom is 0.410 e. The van der Waals surface area contributed by atoms with Crippen LogP contribution in [0.2, 0.25) is 0 Å². The van der Waals surface area contributed by atoms with Crippen LogP contribution >= 0.6 is 0 Å². The molecule has 1 fully saturated rings. The molecule has 1 saturated heterocycles. The van der Waals surface area contributed by atoms with Gasteiger partial charge in [-0.2, -0.15) is 0 Å². The SMILES string of the molecule is Cc1nc(N2CCCN(C(=O)OC(C)(C)C)CC2)ccc1[N+](=O)[O-]. The number of amides is 1. The minimum Gasteiger partial charge on any atom is -0.444 e. The second kappa shape index (κ2) is 7.02. The number of hydrogen-bond acceptors (Lipinski definition) is 6. The molecule has 0 aromatic carbocycles. The smallest absolute Gasteiger partial charge is 0.410 e. The molecule has 24 heavy (non-hydrogen) atoms. The molecular weight excluding hydrogens is 312 g/mol. The number of hydrogen-bond donors (Lipinski definition) is 0. The number of anilines is 1. The lowest BCUT2D eigenvalue weighted by atomic mass is 10.2. The van der Waals surface area contributed by atoms with Crippen molar-refractivity contribution >= 4 is 17.6 Å². The normalized spacial score (nSPS) is 15.8. The Morgan fingerprint density at radius 1 is 1.25 bits per heavy atom. The van der Waals surface area contributed by atoms with Gasteiger partial charge in [0.2, 0.25) is 0 Å². The van der Waals surface area contributed by atoms with E-state index in [9.17, 15) is 14.9 Å². The zero-order chi connectivity index (χ0) is 17.9. The Bertz CT molecular complexity index is 627. The molecule has 1 aliphatic heterocycles. The largest absolute Gasteiger partial charge is 0.444 e. The van der Waals surface area contributed by atoms with Gasteiger partial charge >= 0.3 is 6.09 Å². The van der Waals surface area contributed by atoms with E-state index < -0.39 is 10.5 Å². The fourth-order valence-electron chi connectivity index (χ4n) is 2.57.